The van der Waals surface area contributed by atoms with Crippen LogP contribution in [0.25, 0.3) is 69.3 Å². The molecule has 0 radical (unpaired) electrons. The first-order chi connectivity index (χ1) is 24.6. The summed E-state index contributed by atoms with van der Waals surface area (Å²) in [5, 5.41) is 10.2. The molecule has 0 spiro atoms. The second-order valence-corrected chi connectivity index (χ2v) is 13.7. The predicted octanol–water partition coefficient (Wildman–Crippen LogP) is 13.1. The monoisotopic (exact) mass is 656 g/mol. The highest BCUT2D eigenvalue weighted by molar-refractivity contribution is 7.26. The van der Waals surface area contributed by atoms with Crippen LogP contribution in [0.15, 0.2) is 180 Å². The predicted molar refractivity (Wildman–Crippen MR) is 218 cm³/mol. The van der Waals surface area contributed by atoms with Gasteiger partial charge in [0.2, 0.25) is 0 Å². The molecule has 1 heterocycles. The lowest BCUT2D eigenvalue weighted by Crippen LogP contribution is -2.04. The van der Waals surface area contributed by atoms with Crippen molar-refractivity contribution in [3.63, 3.8) is 0 Å². The Bertz CT molecular complexity index is 2790. The van der Waals surface area contributed by atoms with Gasteiger partial charge < -0.3 is 0 Å². The molecule has 1 aromatic heterocycles. The van der Waals surface area contributed by atoms with E-state index in [9.17, 15) is 0 Å². The molecular formula is C47H32N2S. The van der Waals surface area contributed by atoms with Crippen molar-refractivity contribution in [2.24, 2.45) is 9.98 Å². The number of fused-ring (bicyclic) bond motifs is 9. The van der Waals surface area contributed by atoms with Crippen molar-refractivity contribution in [2.75, 3.05) is 0 Å². The molecule has 0 unspecified atom stereocenters. The maximum atomic E-state index is 5.16. The van der Waals surface area contributed by atoms with Crippen LogP contribution in [0.1, 0.15) is 23.6 Å². The van der Waals surface area contributed by atoms with Gasteiger partial charge in [0.1, 0.15) is 0 Å². The molecule has 0 atom stereocenters. The van der Waals surface area contributed by atoms with E-state index in [0.29, 0.717) is 11.5 Å². The van der Waals surface area contributed by atoms with Gasteiger partial charge in [-0.05, 0) is 79.7 Å². The molecule has 0 amide bonds. The maximum Gasteiger partial charge on any atom is 0.161 e. The lowest BCUT2D eigenvalue weighted by atomic mass is 9.92. The van der Waals surface area contributed by atoms with E-state index >= 15 is 0 Å². The summed E-state index contributed by atoms with van der Waals surface area (Å²) in [4.78, 5) is 10.2. The molecule has 0 N–H and O–H groups in total. The topological polar surface area (TPSA) is 24.7 Å². The first-order valence-corrected chi connectivity index (χ1v) is 17.7. The van der Waals surface area contributed by atoms with Crippen molar-refractivity contribution in [2.45, 2.75) is 6.92 Å². The zero-order chi connectivity index (χ0) is 33.6. The average Bonchev–Trinajstić information content (AvgIpc) is 3.56. The molecule has 9 aromatic rings. The Kier molecular flexibility index (Phi) is 7.41. The van der Waals surface area contributed by atoms with Crippen molar-refractivity contribution >= 4 is 81.1 Å². The van der Waals surface area contributed by atoms with Crippen molar-refractivity contribution in [3.05, 3.63) is 187 Å². The number of nitrogens with zero attached hydrogens (tertiary/aromatic N) is 2. The smallest absolute Gasteiger partial charge is 0.161 e. The van der Waals surface area contributed by atoms with E-state index in [1.165, 1.54) is 63.6 Å². The van der Waals surface area contributed by atoms with E-state index in [1.807, 2.05) is 55.5 Å². The fraction of sp³-hybridized carbons (Fsp3) is 0.0213. The van der Waals surface area contributed by atoms with E-state index in [1.54, 1.807) is 11.3 Å². The van der Waals surface area contributed by atoms with Gasteiger partial charge in [0, 0.05) is 31.4 Å². The summed E-state index contributed by atoms with van der Waals surface area (Å²) in [7, 11) is 0. The number of rotatable bonds is 5. The van der Waals surface area contributed by atoms with E-state index < -0.39 is 0 Å². The van der Waals surface area contributed by atoms with E-state index in [0.717, 1.165) is 22.4 Å². The maximum absolute atomic E-state index is 5.16. The molecular weight excluding hydrogens is 625 g/mol. The Hall–Kier alpha value is -6.16. The quantitative estimate of drug-likeness (QED) is 0.100. The fourth-order valence-electron chi connectivity index (χ4n) is 7.11. The standard InChI is InChI=1S/C47H32N2S/c1-30(32-14-5-3-6-15-32)48-47(49-31(2)33-16-7-4-8-17-33)43-23-13-22-42-41-27-25-35(29-45(41)50-46(42)43)34-24-26-40-38-20-10-9-18-36(38)37-19-11-12-21-39(37)44(40)28-34/h3-29H,1H2,2H3. The molecule has 0 saturated heterocycles. The Morgan fingerprint density at radius 2 is 0.980 bits per heavy atom. The number of aliphatic imine (C=N–C) groups is 2. The van der Waals surface area contributed by atoms with Crippen molar-refractivity contribution in [1.29, 1.82) is 0 Å². The SMILES string of the molecule is C=C(N=C(N=C(C)c1ccccc1)c1cccc2c1sc1cc(-c3ccc4c5ccccc5c5ccccc5c4c3)ccc12)c1ccccc1. The third-order valence-corrected chi connectivity index (χ3v) is 10.8. The van der Waals surface area contributed by atoms with Gasteiger partial charge in [-0.25, -0.2) is 9.98 Å². The van der Waals surface area contributed by atoms with Crippen molar-refractivity contribution < 1.29 is 0 Å². The summed E-state index contributed by atoms with van der Waals surface area (Å²) in [6.07, 6.45) is 0. The molecule has 0 aliphatic carbocycles. The molecule has 0 saturated carbocycles. The van der Waals surface area contributed by atoms with Gasteiger partial charge in [-0.2, -0.15) is 0 Å². The minimum absolute atomic E-state index is 0.659. The summed E-state index contributed by atoms with van der Waals surface area (Å²) in [5.41, 5.74) is 7.04. The van der Waals surface area contributed by atoms with Crippen LogP contribution in [0.3, 0.4) is 0 Å². The van der Waals surface area contributed by atoms with Gasteiger partial charge in [0.15, 0.2) is 5.84 Å². The average molecular weight is 657 g/mol. The highest BCUT2D eigenvalue weighted by Crippen LogP contribution is 2.41. The molecule has 50 heavy (non-hydrogen) atoms. The summed E-state index contributed by atoms with van der Waals surface area (Å²) >= 11 is 1.80. The van der Waals surface area contributed by atoms with Crippen LogP contribution in [0.5, 0.6) is 0 Å². The lowest BCUT2D eigenvalue weighted by Gasteiger charge is -2.12. The van der Waals surface area contributed by atoms with Crippen LogP contribution >= 0.6 is 11.3 Å². The molecule has 8 aromatic carbocycles. The molecule has 0 fully saturated rings. The highest BCUT2D eigenvalue weighted by Gasteiger charge is 2.16. The fourth-order valence-corrected chi connectivity index (χ4v) is 8.36. The lowest BCUT2D eigenvalue weighted by molar-refractivity contribution is 1.45. The van der Waals surface area contributed by atoms with Crippen LogP contribution in [-0.4, -0.2) is 11.5 Å². The summed E-state index contributed by atoms with van der Waals surface area (Å²) in [6.45, 7) is 6.39. The van der Waals surface area contributed by atoms with E-state index in [-0.39, 0.29) is 0 Å². The van der Waals surface area contributed by atoms with Crippen LogP contribution in [0, 0.1) is 0 Å². The minimum atomic E-state index is 0.659. The number of hydrogen-bond donors (Lipinski definition) is 0. The van der Waals surface area contributed by atoms with Gasteiger partial charge in [-0.3, -0.25) is 0 Å². The summed E-state index contributed by atoms with van der Waals surface area (Å²) in [5.74, 6) is 0.659. The van der Waals surface area contributed by atoms with Gasteiger partial charge in [-0.1, -0.05) is 152 Å². The Balaban J connectivity index is 1.20. The molecule has 0 aliphatic heterocycles. The molecule has 0 aliphatic rings. The third kappa shape index (κ3) is 5.20. The first-order valence-electron chi connectivity index (χ1n) is 16.9. The molecule has 3 heteroatoms. The van der Waals surface area contributed by atoms with Crippen LogP contribution in [0.2, 0.25) is 0 Å². The Labute approximate surface area is 295 Å². The molecule has 0 bridgehead atoms. The number of benzene rings is 8. The Morgan fingerprint density at radius 1 is 0.460 bits per heavy atom. The van der Waals surface area contributed by atoms with E-state index in [4.69, 9.17) is 9.98 Å². The van der Waals surface area contributed by atoms with Gasteiger partial charge in [0.05, 0.1) is 5.70 Å². The summed E-state index contributed by atoms with van der Waals surface area (Å²) < 4.78 is 2.40. The van der Waals surface area contributed by atoms with Gasteiger partial charge in [-0.15, -0.1) is 11.3 Å². The van der Waals surface area contributed by atoms with Crippen LogP contribution in [-0.2, 0) is 0 Å². The minimum Gasteiger partial charge on any atom is -0.233 e. The molecule has 9 rings (SSSR count). The van der Waals surface area contributed by atoms with Crippen molar-refractivity contribution in [3.8, 4) is 11.1 Å². The molecule has 236 valence electrons. The van der Waals surface area contributed by atoms with Crippen LogP contribution in [0.4, 0.5) is 0 Å². The number of hydrogen-bond acceptors (Lipinski definition) is 2. The largest absolute Gasteiger partial charge is 0.233 e. The normalized spacial score (nSPS) is 12.4. The first kappa shape index (κ1) is 29.9. The zero-order valence-electron chi connectivity index (χ0n) is 27.6. The summed E-state index contributed by atoms with van der Waals surface area (Å²) in [6, 6.07) is 58.1. The van der Waals surface area contributed by atoms with E-state index in [2.05, 4.69) is 122 Å². The number of thiophene rings is 1. The van der Waals surface area contributed by atoms with Gasteiger partial charge in [0.25, 0.3) is 0 Å². The van der Waals surface area contributed by atoms with Crippen LogP contribution < -0.4 is 0 Å². The zero-order valence-corrected chi connectivity index (χ0v) is 28.4. The second-order valence-electron chi connectivity index (χ2n) is 12.7. The molecule has 2 nitrogen and oxygen atoms in total. The highest BCUT2D eigenvalue weighted by atomic mass is 32.1. The Morgan fingerprint density at radius 3 is 1.64 bits per heavy atom. The number of amidine groups is 1. The second kappa shape index (κ2) is 12.4. The third-order valence-electron chi connectivity index (χ3n) is 9.63. The van der Waals surface area contributed by atoms with Crippen molar-refractivity contribution in [1.82, 2.24) is 0 Å². The van der Waals surface area contributed by atoms with Gasteiger partial charge >= 0.3 is 0 Å².